The van der Waals surface area contributed by atoms with Crippen LogP contribution in [-0.2, 0) is 24.2 Å². The number of halogens is 2. The Kier molecular flexibility index (Phi) is 4.55. The van der Waals surface area contributed by atoms with Gasteiger partial charge in [-0.25, -0.2) is 9.38 Å². The van der Waals surface area contributed by atoms with Crippen molar-refractivity contribution in [2.75, 3.05) is 13.6 Å². The molecular formula is C19H20ClFN4O2. The Morgan fingerprint density at radius 2 is 2.33 bits per heavy atom. The van der Waals surface area contributed by atoms with E-state index >= 15 is 0 Å². The number of benzene rings is 1. The van der Waals surface area contributed by atoms with Crippen molar-refractivity contribution in [2.45, 2.75) is 31.8 Å². The van der Waals surface area contributed by atoms with Crippen molar-refractivity contribution in [1.82, 2.24) is 14.8 Å². The third kappa shape index (κ3) is 3.27. The van der Waals surface area contributed by atoms with Gasteiger partial charge in [0.25, 0.3) is 0 Å². The standard InChI is InChI=1S/C19H20ClFN4O2/c1-24(19-22-8-11(20)9-23-19)13-3-5-17-15(7-13)14-6-12(21)2-4-16(14)25(17)10-18(26)27/h2,4,6,8,13H,3,5,7,9-10H2,1H3,(H,22,23)(H,26,27). The minimum atomic E-state index is -0.900. The third-order valence-corrected chi connectivity index (χ3v) is 5.55. The summed E-state index contributed by atoms with van der Waals surface area (Å²) in [6.45, 7) is 0.432. The van der Waals surface area contributed by atoms with Gasteiger partial charge in [0.15, 0.2) is 5.96 Å². The number of aliphatic carboxylic acids is 1. The average Bonchev–Trinajstić information content (AvgIpc) is 2.94. The molecule has 1 unspecified atom stereocenters. The van der Waals surface area contributed by atoms with Gasteiger partial charge in [0.05, 0.1) is 11.6 Å². The number of guanidine groups is 1. The number of rotatable bonds is 3. The van der Waals surface area contributed by atoms with Crippen molar-refractivity contribution >= 4 is 34.4 Å². The summed E-state index contributed by atoms with van der Waals surface area (Å²) in [5, 5.41) is 13.9. The number of carboxylic acids is 1. The van der Waals surface area contributed by atoms with Crippen LogP contribution in [0.3, 0.4) is 0 Å². The second kappa shape index (κ2) is 6.88. The van der Waals surface area contributed by atoms with Gasteiger partial charge in [-0.3, -0.25) is 4.79 Å². The number of nitrogens with zero attached hydrogens (tertiary/aromatic N) is 3. The first kappa shape index (κ1) is 17.9. The van der Waals surface area contributed by atoms with Crippen LogP contribution in [0.5, 0.6) is 0 Å². The van der Waals surface area contributed by atoms with Gasteiger partial charge in [-0.15, -0.1) is 0 Å². The molecule has 2 N–H and O–H groups in total. The third-order valence-electron chi connectivity index (χ3n) is 5.32. The highest BCUT2D eigenvalue weighted by Crippen LogP contribution is 2.34. The molecule has 1 aliphatic heterocycles. The molecule has 1 aliphatic carbocycles. The van der Waals surface area contributed by atoms with Crippen molar-refractivity contribution in [3.63, 3.8) is 0 Å². The van der Waals surface area contributed by atoms with Crippen LogP contribution in [0.2, 0.25) is 0 Å². The Balaban J connectivity index is 1.71. The lowest BCUT2D eigenvalue weighted by atomic mass is 9.90. The highest BCUT2D eigenvalue weighted by Gasteiger charge is 2.29. The first-order chi connectivity index (χ1) is 12.9. The Labute approximate surface area is 160 Å². The number of carbonyl (C=O) groups is 1. The molecule has 2 heterocycles. The number of hydrogen-bond donors (Lipinski definition) is 2. The number of hydrogen-bond acceptors (Lipinski definition) is 4. The molecule has 0 fully saturated rings. The molecule has 4 rings (SSSR count). The number of fused-ring (bicyclic) bond motifs is 3. The maximum atomic E-state index is 13.9. The molecule has 8 heteroatoms. The van der Waals surface area contributed by atoms with Gasteiger partial charge in [-0.2, -0.15) is 0 Å². The lowest BCUT2D eigenvalue weighted by Crippen LogP contribution is -2.48. The van der Waals surface area contributed by atoms with Crippen molar-refractivity contribution in [2.24, 2.45) is 4.99 Å². The zero-order valence-electron chi connectivity index (χ0n) is 14.9. The van der Waals surface area contributed by atoms with Crippen molar-refractivity contribution < 1.29 is 14.3 Å². The lowest BCUT2D eigenvalue weighted by molar-refractivity contribution is -0.137. The molecule has 6 nitrogen and oxygen atoms in total. The molecule has 142 valence electrons. The van der Waals surface area contributed by atoms with E-state index in [0.29, 0.717) is 18.0 Å². The summed E-state index contributed by atoms with van der Waals surface area (Å²) in [4.78, 5) is 17.8. The lowest BCUT2D eigenvalue weighted by Gasteiger charge is -2.34. The molecule has 0 radical (unpaired) electrons. The number of likely N-dealkylation sites (N-methyl/N-ethyl adjacent to an activating group) is 1. The smallest absolute Gasteiger partial charge is 0.323 e. The molecule has 0 spiro atoms. The van der Waals surface area contributed by atoms with Gasteiger partial charge in [0.1, 0.15) is 12.4 Å². The quantitative estimate of drug-likeness (QED) is 0.845. The second-order valence-electron chi connectivity index (χ2n) is 6.96. The fraction of sp³-hybridized carbons (Fsp3) is 0.368. The highest BCUT2D eigenvalue weighted by atomic mass is 35.5. The van der Waals surface area contributed by atoms with E-state index in [0.717, 1.165) is 41.0 Å². The van der Waals surface area contributed by atoms with Gasteiger partial charge in [0, 0.05) is 35.9 Å². The monoisotopic (exact) mass is 390 g/mol. The average molecular weight is 391 g/mol. The van der Waals surface area contributed by atoms with Crippen molar-refractivity contribution in [1.29, 1.82) is 0 Å². The fourth-order valence-corrected chi connectivity index (χ4v) is 4.14. The van der Waals surface area contributed by atoms with E-state index in [1.165, 1.54) is 12.1 Å². The predicted octanol–water partition coefficient (Wildman–Crippen LogP) is 2.69. The summed E-state index contributed by atoms with van der Waals surface area (Å²) in [5.41, 5.74) is 2.79. The van der Waals surface area contributed by atoms with Crippen LogP contribution in [-0.4, -0.2) is 46.1 Å². The molecule has 0 amide bonds. The normalized spacial score (nSPS) is 19.1. The number of aliphatic imine (C=N–C) groups is 1. The van der Waals surface area contributed by atoms with Gasteiger partial charge in [-0.05, 0) is 43.0 Å². The maximum absolute atomic E-state index is 13.9. The van der Waals surface area contributed by atoms with E-state index in [4.69, 9.17) is 11.6 Å². The summed E-state index contributed by atoms with van der Waals surface area (Å²) in [6, 6.07) is 4.74. The Hall–Kier alpha value is -2.54. The van der Waals surface area contributed by atoms with Gasteiger partial charge in [-0.1, -0.05) is 11.6 Å². The van der Waals surface area contributed by atoms with Gasteiger partial charge < -0.3 is 19.9 Å². The summed E-state index contributed by atoms with van der Waals surface area (Å²) < 4.78 is 15.7. The molecule has 1 aromatic heterocycles. The topological polar surface area (TPSA) is 69.9 Å². The van der Waals surface area contributed by atoms with Crippen LogP contribution < -0.4 is 5.32 Å². The Morgan fingerprint density at radius 1 is 1.52 bits per heavy atom. The Morgan fingerprint density at radius 3 is 3.04 bits per heavy atom. The fourth-order valence-electron chi connectivity index (χ4n) is 4.02. The highest BCUT2D eigenvalue weighted by molar-refractivity contribution is 6.30. The number of aromatic nitrogens is 1. The molecular weight excluding hydrogens is 371 g/mol. The summed E-state index contributed by atoms with van der Waals surface area (Å²) in [5.74, 6) is -0.456. The summed E-state index contributed by atoms with van der Waals surface area (Å²) >= 11 is 5.95. The Bertz CT molecular complexity index is 982. The second-order valence-corrected chi connectivity index (χ2v) is 7.44. The maximum Gasteiger partial charge on any atom is 0.323 e. The van der Waals surface area contributed by atoms with Crippen LogP contribution in [0.1, 0.15) is 17.7 Å². The molecule has 2 aliphatic rings. The number of carboxylic acid groups (broad SMARTS) is 1. The molecule has 1 atom stereocenters. The summed E-state index contributed by atoms with van der Waals surface area (Å²) in [7, 11) is 1.98. The first-order valence-corrected chi connectivity index (χ1v) is 9.22. The van der Waals surface area contributed by atoms with E-state index in [2.05, 4.69) is 15.2 Å². The van der Waals surface area contributed by atoms with Crippen LogP contribution in [0.15, 0.2) is 34.4 Å². The molecule has 0 saturated heterocycles. The van der Waals surface area contributed by atoms with E-state index in [1.54, 1.807) is 12.3 Å². The SMILES string of the molecule is CN(C1=NC=C(Cl)CN1)C1CCc2c(c3cc(F)ccc3n2CC(=O)O)C1. The zero-order chi connectivity index (χ0) is 19.1. The minimum Gasteiger partial charge on any atom is -0.480 e. The van der Waals surface area contributed by atoms with Crippen LogP contribution in [0.25, 0.3) is 10.9 Å². The minimum absolute atomic E-state index is 0.116. The molecule has 0 bridgehead atoms. The van der Waals surface area contributed by atoms with Crippen LogP contribution in [0.4, 0.5) is 4.39 Å². The summed E-state index contributed by atoms with van der Waals surface area (Å²) in [6.07, 6.45) is 3.95. The van der Waals surface area contributed by atoms with E-state index in [-0.39, 0.29) is 18.4 Å². The predicted molar refractivity (Wildman–Crippen MR) is 102 cm³/mol. The van der Waals surface area contributed by atoms with Crippen LogP contribution >= 0.6 is 11.6 Å². The van der Waals surface area contributed by atoms with E-state index < -0.39 is 5.97 Å². The first-order valence-electron chi connectivity index (χ1n) is 8.84. The van der Waals surface area contributed by atoms with Crippen molar-refractivity contribution in [3.8, 4) is 0 Å². The largest absolute Gasteiger partial charge is 0.480 e. The molecule has 27 heavy (non-hydrogen) atoms. The van der Waals surface area contributed by atoms with Gasteiger partial charge in [0.2, 0.25) is 0 Å². The van der Waals surface area contributed by atoms with Gasteiger partial charge >= 0.3 is 5.97 Å². The van der Waals surface area contributed by atoms with E-state index in [9.17, 15) is 14.3 Å². The zero-order valence-corrected chi connectivity index (χ0v) is 15.6. The van der Waals surface area contributed by atoms with Crippen molar-refractivity contribution in [3.05, 3.63) is 46.5 Å². The molecule has 1 aromatic carbocycles. The number of nitrogens with one attached hydrogen (secondary N) is 1. The molecule has 2 aromatic rings. The molecule has 0 saturated carbocycles. The van der Waals surface area contributed by atoms with E-state index in [1.807, 2.05) is 11.6 Å². The van der Waals surface area contributed by atoms with Crippen LogP contribution in [0, 0.1) is 5.82 Å².